The van der Waals surface area contributed by atoms with Crippen LogP contribution in [-0.2, 0) is 10.0 Å². The zero-order valence-corrected chi connectivity index (χ0v) is 21.7. The molecule has 1 amide bonds. The summed E-state index contributed by atoms with van der Waals surface area (Å²) in [6.07, 6.45) is 1.44. The molecule has 4 aromatic carbocycles. The molecule has 2 N–H and O–H groups in total. The Kier molecular flexibility index (Phi) is 8.20. The Labute approximate surface area is 225 Å². The van der Waals surface area contributed by atoms with Crippen molar-refractivity contribution in [3.8, 4) is 5.75 Å². The van der Waals surface area contributed by atoms with E-state index in [0.29, 0.717) is 33.1 Å². The van der Waals surface area contributed by atoms with Crippen molar-refractivity contribution < 1.29 is 22.7 Å². The van der Waals surface area contributed by atoms with Crippen LogP contribution in [0.15, 0.2) is 107 Å². The predicted molar refractivity (Wildman–Crippen MR) is 146 cm³/mol. The fraction of sp³-hybridized carbons (Fsp3) is 0.0357. The lowest BCUT2D eigenvalue weighted by atomic mass is 10.2. The van der Waals surface area contributed by atoms with E-state index in [9.17, 15) is 18.0 Å². The smallest absolute Gasteiger partial charge is 0.343 e. The lowest BCUT2D eigenvalue weighted by molar-refractivity contribution is 0.0734. The van der Waals surface area contributed by atoms with Gasteiger partial charge in [-0.1, -0.05) is 35.4 Å². The number of halogens is 1. The highest BCUT2D eigenvalue weighted by molar-refractivity contribution is 7.92. The number of sulfonamides is 1. The maximum atomic E-state index is 12.5. The van der Waals surface area contributed by atoms with E-state index < -0.39 is 21.9 Å². The van der Waals surface area contributed by atoms with Crippen LogP contribution in [0.4, 0.5) is 5.69 Å². The number of rotatable bonds is 8. The lowest BCUT2D eigenvalue weighted by Gasteiger charge is -2.09. The van der Waals surface area contributed by atoms with Crippen LogP contribution in [0.25, 0.3) is 0 Å². The van der Waals surface area contributed by atoms with E-state index >= 15 is 0 Å². The fourth-order valence-corrected chi connectivity index (χ4v) is 4.50. The standard InChI is InChI=1S/C28H22ClN3O5S/c1-19-5-15-26(16-6-19)38(35,36)32-24-11-9-21(10-12-24)27(33)31-30-18-20-7-13-25(14-8-20)37-28(34)22-3-2-4-23(29)17-22/h2-18,32H,1H3,(H,31,33)/b30-18-. The molecule has 0 spiro atoms. The van der Waals surface area contributed by atoms with Gasteiger partial charge in [-0.2, -0.15) is 5.10 Å². The molecule has 38 heavy (non-hydrogen) atoms. The summed E-state index contributed by atoms with van der Waals surface area (Å²) in [6, 6.07) is 25.4. The monoisotopic (exact) mass is 547 g/mol. The van der Waals surface area contributed by atoms with E-state index in [1.807, 2.05) is 6.92 Å². The van der Waals surface area contributed by atoms with Gasteiger partial charge in [-0.05, 0) is 91.3 Å². The number of hydrazone groups is 1. The number of nitrogens with zero attached hydrogens (tertiary/aromatic N) is 1. The molecule has 8 nitrogen and oxygen atoms in total. The Morgan fingerprint density at radius 2 is 1.55 bits per heavy atom. The van der Waals surface area contributed by atoms with Gasteiger partial charge in [0.05, 0.1) is 16.7 Å². The van der Waals surface area contributed by atoms with Crippen LogP contribution in [0, 0.1) is 6.92 Å². The first kappa shape index (κ1) is 26.6. The Morgan fingerprint density at radius 1 is 0.868 bits per heavy atom. The van der Waals surface area contributed by atoms with Crippen LogP contribution in [0.3, 0.4) is 0 Å². The molecule has 0 heterocycles. The molecular formula is C28H22ClN3O5S. The van der Waals surface area contributed by atoms with Crippen molar-refractivity contribution in [2.24, 2.45) is 5.10 Å². The third-order valence-electron chi connectivity index (χ3n) is 5.26. The van der Waals surface area contributed by atoms with E-state index in [4.69, 9.17) is 16.3 Å². The number of ether oxygens (including phenoxy) is 1. The molecule has 0 atom stereocenters. The molecule has 4 rings (SSSR count). The normalized spacial score (nSPS) is 11.2. The van der Waals surface area contributed by atoms with Gasteiger partial charge >= 0.3 is 5.97 Å². The lowest BCUT2D eigenvalue weighted by Crippen LogP contribution is -2.18. The highest BCUT2D eigenvalue weighted by Crippen LogP contribution is 2.18. The van der Waals surface area contributed by atoms with Crippen molar-refractivity contribution >= 4 is 45.4 Å². The summed E-state index contributed by atoms with van der Waals surface area (Å²) >= 11 is 5.90. The molecule has 0 unspecified atom stereocenters. The number of anilines is 1. The SMILES string of the molecule is Cc1ccc(S(=O)(=O)Nc2ccc(C(=O)N/N=C\c3ccc(OC(=O)c4cccc(Cl)c4)cc3)cc2)cc1. The summed E-state index contributed by atoms with van der Waals surface area (Å²) in [5.41, 5.74) is 4.98. The number of carbonyl (C=O) groups is 2. The number of hydrogen-bond acceptors (Lipinski definition) is 6. The van der Waals surface area contributed by atoms with Gasteiger partial charge in [0.25, 0.3) is 15.9 Å². The summed E-state index contributed by atoms with van der Waals surface area (Å²) in [4.78, 5) is 24.7. The third kappa shape index (κ3) is 7.06. The fourth-order valence-electron chi connectivity index (χ4n) is 3.25. The van der Waals surface area contributed by atoms with Crippen LogP contribution in [0.1, 0.15) is 31.8 Å². The average molecular weight is 548 g/mol. The van der Waals surface area contributed by atoms with Crippen molar-refractivity contribution in [2.75, 3.05) is 4.72 Å². The zero-order chi connectivity index (χ0) is 27.1. The van der Waals surface area contributed by atoms with Crippen molar-refractivity contribution in [3.63, 3.8) is 0 Å². The van der Waals surface area contributed by atoms with Gasteiger partial charge in [-0.15, -0.1) is 0 Å². The molecule has 0 aliphatic rings. The van der Waals surface area contributed by atoms with Crippen LogP contribution >= 0.6 is 11.6 Å². The summed E-state index contributed by atoms with van der Waals surface area (Å²) in [5, 5.41) is 4.37. The van der Waals surface area contributed by atoms with Crippen molar-refractivity contribution in [1.82, 2.24) is 5.43 Å². The Hall–Kier alpha value is -4.47. The van der Waals surface area contributed by atoms with Gasteiger partial charge in [0.2, 0.25) is 0 Å². The van der Waals surface area contributed by atoms with Crippen LogP contribution in [0.5, 0.6) is 5.75 Å². The predicted octanol–water partition coefficient (Wildman–Crippen LogP) is 5.43. The quantitative estimate of drug-likeness (QED) is 0.132. The number of aryl methyl sites for hydroxylation is 1. The molecule has 0 saturated carbocycles. The molecule has 0 saturated heterocycles. The molecule has 4 aromatic rings. The van der Waals surface area contributed by atoms with Crippen molar-refractivity contribution in [3.05, 3.63) is 124 Å². The van der Waals surface area contributed by atoms with Gasteiger partial charge in [-0.3, -0.25) is 9.52 Å². The average Bonchev–Trinajstić information content (AvgIpc) is 2.90. The maximum Gasteiger partial charge on any atom is 0.343 e. The maximum absolute atomic E-state index is 12.5. The van der Waals surface area contributed by atoms with Crippen LogP contribution in [0.2, 0.25) is 5.02 Å². The first-order valence-corrected chi connectivity index (χ1v) is 13.2. The minimum absolute atomic E-state index is 0.145. The number of nitrogens with one attached hydrogen (secondary N) is 2. The largest absolute Gasteiger partial charge is 0.423 e. The molecule has 0 radical (unpaired) electrons. The summed E-state index contributed by atoms with van der Waals surface area (Å²) in [7, 11) is -3.74. The van der Waals surface area contributed by atoms with Crippen molar-refractivity contribution in [2.45, 2.75) is 11.8 Å². The molecule has 0 aliphatic carbocycles. The Morgan fingerprint density at radius 3 is 2.21 bits per heavy atom. The molecule has 0 fully saturated rings. The minimum Gasteiger partial charge on any atom is -0.423 e. The number of benzene rings is 4. The second-order valence-corrected chi connectivity index (χ2v) is 10.3. The summed E-state index contributed by atoms with van der Waals surface area (Å²) < 4.78 is 32.9. The number of hydrogen-bond donors (Lipinski definition) is 2. The van der Waals surface area contributed by atoms with E-state index in [0.717, 1.165) is 5.56 Å². The Bertz CT molecular complexity index is 1590. The van der Waals surface area contributed by atoms with E-state index in [2.05, 4.69) is 15.2 Å². The minimum atomic E-state index is -3.74. The molecule has 0 aliphatic heterocycles. The Balaban J connectivity index is 1.30. The number of esters is 1. The van der Waals surface area contributed by atoms with Crippen LogP contribution < -0.4 is 14.9 Å². The topological polar surface area (TPSA) is 114 Å². The van der Waals surface area contributed by atoms with Gasteiger partial charge < -0.3 is 4.74 Å². The van der Waals surface area contributed by atoms with Gasteiger partial charge in [0.15, 0.2) is 0 Å². The molecular weight excluding hydrogens is 526 g/mol. The van der Waals surface area contributed by atoms with E-state index in [-0.39, 0.29) is 4.90 Å². The van der Waals surface area contributed by atoms with E-state index in [1.54, 1.807) is 54.6 Å². The first-order valence-electron chi connectivity index (χ1n) is 11.3. The van der Waals surface area contributed by atoms with Gasteiger partial charge in [0, 0.05) is 16.3 Å². The second kappa shape index (κ2) is 11.7. The summed E-state index contributed by atoms with van der Waals surface area (Å²) in [6.45, 7) is 1.87. The molecule has 0 bridgehead atoms. The second-order valence-electron chi connectivity index (χ2n) is 8.16. The van der Waals surface area contributed by atoms with Crippen LogP contribution in [-0.4, -0.2) is 26.5 Å². The molecule has 0 aromatic heterocycles. The first-order chi connectivity index (χ1) is 18.2. The number of amides is 1. The van der Waals surface area contributed by atoms with Gasteiger partial charge in [0.1, 0.15) is 5.75 Å². The van der Waals surface area contributed by atoms with E-state index in [1.165, 1.54) is 48.7 Å². The third-order valence-corrected chi connectivity index (χ3v) is 6.89. The van der Waals surface area contributed by atoms with Gasteiger partial charge in [-0.25, -0.2) is 18.6 Å². The van der Waals surface area contributed by atoms with Crippen molar-refractivity contribution in [1.29, 1.82) is 0 Å². The highest BCUT2D eigenvalue weighted by atomic mass is 35.5. The zero-order valence-electron chi connectivity index (χ0n) is 20.1. The molecule has 192 valence electrons. The summed E-state index contributed by atoms with van der Waals surface area (Å²) in [5.74, 6) is -0.661. The molecule has 10 heteroatoms. The number of carbonyl (C=O) groups excluding carboxylic acids is 2. The highest BCUT2D eigenvalue weighted by Gasteiger charge is 2.14.